The Morgan fingerprint density at radius 2 is 2.11 bits per heavy atom. The summed E-state index contributed by atoms with van der Waals surface area (Å²) in [5, 5.41) is 14.3. The number of aliphatic hydroxyl groups is 1. The number of nitrogens with zero attached hydrogens (tertiary/aromatic N) is 1. The Balaban J connectivity index is 1.83. The number of fused-ring (bicyclic) bond motifs is 1. The molecule has 0 aliphatic rings. The average Bonchev–Trinajstić information content (AvgIpc) is 2.70. The zero-order chi connectivity index (χ0) is 13.0. The van der Waals surface area contributed by atoms with Crippen molar-refractivity contribution in [1.29, 1.82) is 0 Å². The lowest BCUT2D eigenvalue weighted by atomic mass is 10.2. The lowest BCUT2D eigenvalue weighted by Crippen LogP contribution is -2.34. The number of thiophene rings is 1. The van der Waals surface area contributed by atoms with Gasteiger partial charge in [0.2, 0.25) is 0 Å². The van der Waals surface area contributed by atoms with E-state index < -0.39 is 0 Å². The van der Waals surface area contributed by atoms with Gasteiger partial charge < -0.3 is 15.3 Å². The topological polar surface area (TPSA) is 35.5 Å². The lowest BCUT2D eigenvalue weighted by Gasteiger charge is -2.16. The number of likely N-dealkylation sites (N-methyl/N-ethyl adjacent to an activating group) is 1. The third-order valence-corrected chi connectivity index (χ3v) is 3.85. The van der Waals surface area contributed by atoms with E-state index in [2.05, 4.69) is 35.6 Å². The second-order valence-electron chi connectivity index (χ2n) is 4.80. The standard InChI is InChI=1S/C14H20N2OS/c1-16(2)10-12(17)8-15-9-13-7-11-5-3-4-6-14(11)18-13/h3-7,12,15,17H,8-10H2,1-2H3. The minimum Gasteiger partial charge on any atom is -0.390 e. The molecule has 0 aliphatic carbocycles. The van der Waals surface area contributed by atoms with Crippen LogP contribution in [-0.4, -0.2) is 43.3 Å². The van der Waals surface area contributed by atoms with E-state index in [0.717, 1.165) is 6.54 Å². The molecule has 98 valence electrons. The fraction of sp³-hybridized carbons (Fsp3) is 0.429. The smallest absolute Gasteiger partial charge is 0.0791 e. The second kappa shape index (κ2) is 6.29. The zero-order valence-electron chi connectivity index (χ0n) is 10.9. The summed E-state index contributed by atoms with van der Waals surface area (Å²) in [5.41, 5.74) is 0. The first kappa shape index (κ1) is 13.5. The summed E-state index contributed by atoms with van der Waals surface area (Å²) in [6.45, 7) is 2.15. The van der Waals surface area contributed by atoms with E-state index in [9.17, 15) is 5.11 Å². The lowest BCUT2D eigenvalue weighted by molar-refractivity contribution is 0.134. The third-order valence-electron chi connectivity index (χ3n) is 2.73. The third kappa shape index (κ3) is 3.78. The molecule has 0 radical (unpaired) electrons. The highest BCUT2D eigenvalue weighted by atomic mass is 32.1. The Bertz CT molecular complexity index is 462. The molecule has 1 aromatic carbocycles. The fourth-order valence-corrected chi connectivity index (χ4v) is 3.01. The van der Waals surface area contributed by atoms with E-state index in [-0.39, 0.29) is 6.10 Å². The SMILES string of the molecule is CN(C)CC(O)CNCc1cc2ccccc2s1. The highest BCUT2D eigenvalue weighted by molar-refractivity contribution is 7.19. The van der Waals surface area contributed by atoms with E-state index in [1.807, 2.05) is 30.3 Å². The van der Waals surface area contributed by atoms with Gasteiger partial charge in [0.15, 0.2) is 0 Å². The molecule has 0 saturated carbocycles. The highest BCUT2D eigenvalue weighted by Crippen LogP contribution is 2.24. The molecule has 1 atom stereocenters. The summed E-state index contributed by atoms with van der Waals surface area (Å²) in [7, 11) is 3.93. The quantitative estimate of drug-likeness (QED) is 0.836. The van der Waals surface area contributed by atoms with Crippen LogP contribution in [0.5, 0.6) is 0 Å². The van der Waals surface area contributed by atoms with Crippen molar-refractivity contribution in [2.75, 3.05) is 27.2 Å². The van der Waals surface area contributed by atoms with Gasteiger partial charge in [-0.05, 0) is 31.6 Å². The summed E-state index contributed by atoms with van der Waals surface area (Å²) >= 11 is 1.81. The maximum absolute atomic E-state index is 9.74. The second-order valence-corrected chi connectivity index (χ2v) is 5.97. The first-order valence-electron chi connectivity index (χ1n) is 6.16. The molecule has 0 bridgehead atoms. The zero-order valence-corrected chi connectivity index (χ0v) is 11.7. The molecule has 0 spiro atoms. The van der Waals surface area contributed by atoms with E-state index in [1.165, 1.54) is 15.0 Å². The first-order valence-corrected chi connectivity index (χ1v) is 6.98. The number of hydrogen-bond acceptors (Lipinski definition) is 4. The van der Waals surface area contributed by atoms with Crippen LogP contribution in [0.4, 0.5) is 0 Å². The van der Waals surface area contributed by atoms with E-state index in [0.29, 0.717) is 13.1 Å². The van der Waals surface area contributed by atoms with Crippen LogP contribution in [0.3, 0.4) is 0 Å². The molecule has 0 saturated heterocycles. The molecule has 1 aromatic heterocycles. The Morgan fingerprint density at radius 3 is 2.83 bits per heavy atom. The van der Waals surface area contributed by atoms with Crippen molar-refractivity contribution in [3.8, 4) is 0 Å². The normalized spacial score (nSPS) is 13.3. The van der Waals surface area contributed by atoms with Crippen molar-refractivity contribution in [3.63, 3.8) is 0 Å². The van der Waals surface area contributed by atoms with Gasteiger partial charge in [0.05, 0.1) is 6.10 Å². The molecular weight excluding hydrogens is 244 g/mol. The Morgan fingerprint density at radius 1 is 1.33 bits per heavy atom. The maximum atomic E-state index is 9.74. The van der Waals surface area contributed by atoms with Crippen molar-refractivity contribution in [2.45, 2.75) is 12.6 Å². The summed E-state index contributed by atoms with van der Waals surface area (Å²) in [6, 6.07) is 10.6. The Hall–Kier alpha value is -0.940. The molecule has 0 fully saturated rings. The molecule has 2 aromatic rings. The van der Waals surface area contributed by atoms with Gasteiger partial charge in [-0.15, -0.1) is 11.3 Å². The van der Waals surface area contributed by atoms with Gasteiger partial charge in [-0.3, -0.25) is 0 Å². The van der Waals surface area contributed by atoms with Gasteiger partial charge in [-0.25, -0.2) is 0 Å². The largest absolute Gasteiger partial charge is 0.390 e. The van der Waals surface area contributed by atoms with Crippen LogP contribution in [0.2, 0.25) is 0 Å². The van der Waals surface area contributed by atoms with Gasteiger partial charge in [0, 0.05) is 29.2 Å². The molecule has 1 heterocycles. The van der Waals surface area contributed by atoms with Crippen molar-refractivity contribution in [3.05, 3.63) is 35.2 Å². The van der Waals surface area contributed by atoms with Crippen LogP contribution in [0.25, 0.3) is 10.1 Å². The molecule has 0 amide bonds. The molecule has 4 heteroatoms. The molecule has 2 rings (SSSR count). The maximum Gasteiger partial charge on any atom is 0.0791 e. The van der Waals surface area contributed by atoms with Gasteiger partial charge in [0.1, 0.15) is 0 Å². The highest BCUT2D eigenvalue weighted by Gasteiger charge is 2.05. The molecule has 0 aliphatic heterocycles. The van der Waals surface area contributed by atoms with Crippen LogP contribution in [-0.2, 0) is 6.54 Å². The van der Waals surface area contributed by atoms with Crippen molar-refractivity contribution in [1.82, 2.24) is 10.2 Å². The van der Waals surface area contributed by atoms with Crippen LogP contribution in [0.15, 0.2) is 30.3 Å². The van der Waals surface area contributed by atoms with Gasteiger partial charge in [-0.1, -0.05) is 18.2 Å². The minimum absolute atomic E-state index is 0.311. The first-order chi connectivity index (χ1) is 8.65. The van der Waals surface area contributed by atoms with E-state index >= 15 is 0 Å². The molecular formula is C14H20N2OS. The number of nitrogens with one attached hydrogen (secondary N) is 1. The van der Waals surface area contributed by atoms with Crippen LogP contribution >= 0.6 is 11.3 Å². The number of rotatable bonds is 6. The predicted molar refractivity (Wildman–Crippen MR) is 78.1 cm³/mol. The Labute approximate surface area is 112 Å². The van der Waals surface area contributed by atoms with Gasteiger partial charge in [0.25, 0.3) is 0 Å². The van der Waals surface area contributed by atoms with Crippen LogP contribution in [0.1, 0.15) is 4.88 Å². The summed E-state index contributed by atoms with van der Waals surface area (Å²) < 4.78 is 1.32. The average molecular weight is 264 g/mol. The van der Waals surface area contributed by atoms with Gasteiger partial charge in [-0.2, -0.15) is 0 Å². The van der Waals surface area contributed by atoms with Crippen molar-refractivity contribution < 1.29 is 5.11 Å². The number of hydrogen-bond donors (Lipinski definition) is 2. The van der Waals surface area contributed by atoms with Crippen molar-refractivity contribution in [2.24, 2.45) is 0 Å². The Kier molecular flexibility index (Phi) is 4.72. The van der Waals surface area contributed by atoms with Crippen LogP contribution < -0.4 is 5.32 Å². The van der Waals surface area contributed by atoms with Crippen molar-refractivity contribution >= 4 is 21.4 Å². The minimum atomic E-state index is -0.311. The molecule has 2 N–H and O–H groups in total. The van der Waals surface area contributed by atoms with Gasteiger partial charge >= 0.3 is 0 Å². The summed E-state index contributed by atoms with van der Waals surface area (Å²) in [4.78, 5) is 3.31. The molecule has 3 nitrogen and oxygen atoms in total. The summed E-state index contributed by atoms with van der Waals surface area (Å²) in [6.07, 6.45) is -0.311. The monoisotopic (exact) mass is 264 g/mol. The van der Waals surface area contributed by atoms with E-state index in [4.69, 9.17) is 0 Å². The number of aliphatic hydroxyl groups excluding tert-OH is 1. The van der Waals surface area contributed by atoms with E-state index in [1.54, 1.807) is 0 Å². The number of benzene rings is 1. The van der Waals surface area contributed by atoms with Crippen LogP contribution in [0, 0.1) is 0 Å². The molecule has 1 unspecified atom stereocenters. The molecule has 18 heavy (non-hydrogen) atoms. The fourth-order valence-electron chi connectivity index (χ4n) is 1.97. The predicted octanol–water partition coefficient (Wildman–Crippen LogP) is 1.91. The summed E-state index contributed by atoms with van der Waals surface area (Å²) in [5.74, 6) is 0.